The van der Waals surface area contributed by atoms with Crippen LogP contribution in [0.25, 0.3) is 22.5 Å². The van der Waals surface area contributed by atoms with Crippen LogP contribution in [0.1, 0.15) is 35.1 Å². The third kappa shape index (κ3) is 5.61. The third-order valence-corrected chi connectivity index (χ3v) is 8.04. The van der Waals surface area contributed by atoms with Gasteiger partial charge in [-0.2, -0.15) is 0 Å². The number of carbonyl (C=O) groups is 2. The molecular formula is C24H23ClN4O3S3. The van der Waals surface area contributed by atoms with Crippen molar-refractivity contribution in [1.29, 1.82) is 0 Å². The summed E-state index contributed by atoms with van der Waals surface area (Å²) in [6, 6.07) is 9.35. The summed E-state index contributed by atoms with van der Waals surface area (Å²) in [5, 5.41) is 17.1. The molecule has 1 aromatic carbocycles. The van der Waals surface area contributed by atoms with E-state index in [0.717, 1.165) is 17.0 Å². The number of nitrogens with one attached hydrogen (secondary N) is 1. The molecule has 0 unspecified atom stereocenters. The van der Waals surface area contributed by atoms with E-state index >= 15 is 0 Å². The molecule has 7 nitrogen and oxygen atoms in total. The van der Waals surface area contributed by atoms with Crippen molar-refractivity contribution in [3.8, 4) is 22.5 Å². The second-order valence-corrected chi connectivity index (χ2v) is 11.3. The van der Waals surface area contributed by atoms with Gasteiger partial charge in [0, 0.05) is 37.8 Å². The Morgan fingerprint density at radius 1 is 1.14 bits per heavy atom. The van der Waals surface area contributed by atoms with Gasteiger partial charge in [0.15, 0.2) is 11.0 Å². The van der Waals surface area contributed by atoms with Gasteiger partial charge in [-0.25, -0.2) is 4.79 Å². The van der Waals surface area contributed by atoms with Gasteiger partial charge in [-0.1, -0.05) is 35.5 Å². The predicted molar refractivity (Wildman–Crippen MR) is 144 cm³/mol. The van der Waals surface area contributed by atoms with E-state index < -0.39 is 5.97 Å². The van der Waals surface area contributed by atoms with E-state index in [1.54, 1.807) is 23.5 Å². The van der Waals surface area contributed by atoms with Crippen molar-refractivity contribution < 1.29 is 14.3 Å². The fraction of sp³-hybridized carbons (Fsp3) is 0.250. The first kappa shape index (κ1) is 25.4. The highest BCUT2D eigenvalue weighted by molar-refractivity contribution is 7.99. The molecule has 3 aromatic heterocycles. The Morgan fingerprint density at radius 3 is 2.51 bits per heavy atom. The number of benzene rings is 1. The van der Waals surface area contributed by atoms with Crippen molar-refractivity contribution in [1.82, 2.24) is 14.8 Å². The number of hydrogen-bond acceptors (Lipinski definition) is 8. The first-order valence-electron chi connectivity index (χ1n) is 10.7. The number of methoxy groups -OCH3 is 1. The average molecular weight is 547 g/mol. The third-order valence-electron chi connectivity index (χ3n) is 5.09. The zero-order valence-corrected chi connectivity index (χ0v) is 22.7. The van der Waals surface area contributed by atoms with Gasteiger partial charge in [-0.05, 0) is 44.5 Å². The maximum absolute atomic E-state index is 12.9. The summed E-state index contributed by atoms with van der Waals surface area (Å²) >= 11 is 10.2. The van der Waals surface area contributed by atoms with Crippen LogP contribution in [0, 0.1) is 6.92 Å². The minimum Gasteiger partial charge on any atom is -0.465 e. The van der Waals surface area contributed by atoms with Gasteiger partial charge in [0.1, 0.15) is 10.6 Å². The van der Waals surface area contributed by atoms with Crippen LogP contribution in [-0.4, -0.2) is 39.5 Å². The topological polar surface area (TPSA) is 86.1 Å². The molecule has 3 heterocycles. The normalized spacial score (nSPS) is 11.1. The molecule has 1 amide bonds. The summed E-state index contributed by atoms with van der Waals surface area (Å²) in [6.07, 6.45) is 0. The van der Waals surface area contributed by atoms with Crippen LogP contribution in [0.5, 0.6) is 0 Å². The van der Waals surface area contributed by atoms with E-state index in [9.17, 15) is 9.59 Å². The molecule has 0 atom stereocenters. The van der Waals surface area contributed by atoms with Gasteiger partial charge in [-0.3, -0.25) is 9.36 Å². The van der Waals surface area contributed by atoms with Gasteiger partial charge in [0.2, 0.25) is 5.91 Å². The first-order chi connectivity index (χ1) is 16.8. The lowest BCUT2D eigenvalue weighted by atomic mass is 10.0. The fourth-order valence-electron chi connectivity index (χ4n) is 3.49. The SMILES string of the molecule is COC(=O)c1c(-c2ccc(Cl)cc2)csc1NC(=O)CSc1nnc(-c2csc(C)c2)n1C(C)C. The molecule has 0 spiro atoms. The molecule has 0 aliphatic carbocycles. The van der Waals surface area contributed by atoms with E-state index in [4.69, 9.17) is 16.3 Å². The molecule has 0 saturated carbocycles. The summed E-state index contributed by atoms with van der Waals surface area (Å²) in [5.41, 5.74) is 2.82. The van der Waals surface area contributed by atoms with Crippen LogP contribution in [0.3, 0.4) is 0 Å². The monoisotopic (exact) mass is 546 g/mol. The smallest absolute Gasteiger partial charge is 0.341 e. The van der Waals surface area contributed by atoms with Gasteiger partial charge in [0.05, 0.1) is 12.9 Å². The molecule has 0 fully saturated rings. The predicted octanol–water partition coefficient (Wildman–Crippen LogP) is 6.80. The van der Waals surface area contributed by atoms with Crippen LogP contribution < -0.4 is 5.32 Å². The Labute approximate surface area is 220 Å². The van der Waals surface area contributed by atoms with Crippen LogP contribution in [0.2, 0.25) is 5.02 Å². The number of carbonyl (C=O) groups excluding carboxylic acids is 2. The highest BCUT2D eigenvalue weighted by Gasteiger charge is 2.23. The minimum absolute atomic E-state index is 0.113. The van der Waals surface area contributed by atoms with E-state index in [1.165, 1.54) is 35.1 Å². The van der Waals surface area contributed by atoms with Crippen molar-refractivity contribution in [2.45, 2.75) is 32.0 Å². The lowest BCUT2D eigenvalue weighted by molar-refractivity contribution is -0.113. The first-order valence-corrected chi connectivity index (χ1v) is 13.8. The molecule has 0 saturated heterocycles. The molecule has 4 rings (SSSR count). The summed E-state index contributed by atoms with van der Waals surface area (Å²) in [5.74, 6) is 0.124. The number of aromatic nitrogens is 3. The number of thioether (sulfide) groups is 1. The Balaban J connectivity index is 1.52. The summed E-state index contributed by atoms with van der Waals surface area (Å²) in [6.45, 7) is 6.17. The number of aryl methyl sites for hydroxylation is 1. The van der Waals surface area contributed by atoms with Crippen molar-refractivity contribution in [2.75, 3.05) is 18.2 Å². The Hall–Kier alpha value is -2.66. The fourth-order valence-corrected chi connectivity index (χ4v) is 6.14. The highest BCUT2D eigenvalue weighted by Crippen LogP contribution is 2.37. The second-order valence-electron chi connectivity index (χ2n) is 7.90. The van der Waals surface area contributed by atoms with Crippen LogP contribution >= 0.6 is 46.0 Å². The number of rotatable bonds is 8. The lowest BCUT2D eigenvalue weighted by Gasteiger charge is -2.13. The number of esters is 1. The molecule has 182 valence electrons. The average Bonchev–Trinajstić information content (AvgIpc) is 3.55. The second kappa shape index (κ2) is 10.9. The molecular weight excluding hydrogens is 524 g/mol. The number of hydrogen-bond donors (Lipinski definition) is 1. The largest absolute Gasteiger partial charge is 0.465 e. The van der Waals surface area contributed by atoms with Gasteiger partial charge < -0.3 is 10.1 Å². The number of ether oxygens (including phenoxy) is 1. The van der Waals surface area contributed by atoms with Crippen molar-refractivity contribution in [3.63, 3.8) is 0 Å². The highest BCUT2D eigenvalue weighted by atomic mass is 35.5. The molecule has 0 aliphatic rings. The van der Waals surface area contributed by atoms with Crippen LogP contribution in [0.4, 0.5) is 5.00 Å². The van der Waals surface area contributed by atoms with Crippen molar-refractivity contribution in [3.05, 3.63) is 56.6 Å². The van der Waals surface area contributed by atoms with Crippen molar-refractivity contribution in [2.24, 2.45) is 0 Å². The maximum Gasteiger partial charge on any atom is 0.341 e. The zero-order chi connectivity index (χ0) is 25.1. The number of amides is 1. The molecule has 0 aliphatic heterocycles. The van der Waals surface area contributed by atoms with Gasteiger partial charge >= 0.3 is 5.97 Å². The summed E-state index contributed by atoms with van der Waals surface area (Å²) < 4.78 is 7.02. The number of thiophene rings is 2. The zero-order valence-electron chi connectivity index (χ0n) is 19.5. The van der Waals surface area contributed by atoms with E-state index in [1.807, 2.05) is 22.1 Å². The molecule has 35 heavy (non-hydrogen) atoms. The Morgan fingerprint density at radius 2 is 1.89 bits per heavy atom. The Kier molecular flexibility index (Phi) is 7.95. The molecule has 0 bridgehead atoms. The van der Waals surface area contributed by atoms with Crippen LogP contribution in [0.15, 0.2) is 46.2 Å². The number of anilines is 1. The molecule has 0 radical (unpaired) electrons. The quantitative estimate of drug-likeness (QED) is 0.193. The maximum atomic E-state index is 12.9. The number of nitrogens with zero attached hydrogens (tertiary/aromatic N) is 3. The Bertz CT molecular complexity index is 1360. The van der Waals surface area contributed by atoms with E-state index in [2.05, 4.69) is 47.7 Å². The molecule has 4 aromatic rings. The van der Waals surface area contributed by atoms with E-state index in [0.29, 0.717) is 26.3 Å². The number of halogens is 1. The minimum atomic E-state index is -0.519. The lowest BCUT2D eigenvalue weighted by Crippen LogP contribution is -2.16. The molecule has 11 heteroatoms. The van der Waals surface area contributed by atoms with Gasteiger partial charge in [-0.15, -0.1) is 32.9 Å². The summed E-state index contributed by atoms with van der Waals surface area (Å²) in [4.78, 5) is 26.6. The van der Waals surface area contributed by atoms with Crippen LogP contribution in [-0.2, 0) is 9.53 Å². The molecule has 1 N–H and O–H groups in total. The standard InChI is InChI=1S/C24H23ClN4O3S3/c1-13(2)29-21(16-9-14(3)33-10-16)27-28-24(29)35-12-19(30)26-22-20(23(31)32-4)18(11-34-22)15-5-7-17(25)8-6-15/h5-11,13H,12H2,1-4H3,(H,26,30). The van der Waals surface area contributed by atoms with Gasteiger partial charge in [0.25, 0.3) is 0 Å². The van der Waals surface area contributed by atoms with E-state index in [-0.39, 0.29) is 17.7 Å². The summed E-state index contributed by atoms with van der Waals surface area (Å²) in [7, 11) is 1.32. The van der Waals surface area contributed by atoms with Crippen molar-refractivity contribution >= 4 is 62.9 Å².